The molecule has 0 spiro atoms. The summed E-state index contributed by atoms with van der Waals surface area (Å²) in [6.45, 7) is 2.12. The zero-order valence-electron chi connectivity index (χ0n) is 14.6. The van der Waals surface area contributed by atoms with Gasteiger partial charge < -0.3 is 10.2 Å². The summed E-state index contributed by atoms with van der Waals surface area (Å²) in [4.78, 5) is 19.6. The van der Waals surface area contributed by atoms with E-state index in [1.54, 1.807) is 6.20 Å². The highest BCUT2D eigenvalue weighted by Gasteiger charge is 2.15. The summed E-state index contributed by atoms with van der Waals surface area (Å²) in [5, 5.41) is 2.97. The van der Waals surface area contributed by atoms with E-state index in [-0.39, 0.29) is 5.91 Å². The molecule has 0 aliphatic carbocycles. The maximum absolute atomic E-state index is 12.8. The molecular formula is C22H21N3O. The average molecular weight is 343 g/mol. The van der Waals surface area contributed by atoms with Crippen LogP contribution in [0, 0.1) is 0 Å². The standard InChI is InChI=1S/C22H21N3O/c26-22(20-11-5-4-10-19(20)17-8-2-1-3-9-17)24-18-12-13-21(23-16-18)25-14-6-7-15-25/h1-5,8-13,16H,6-7,14-15H2,(H,24,26). The Balaban J connectivity index is 1.54. The lowest BCUT2D eigenvalue weighted by atomic mass is 9.99. The van der Waals surface area contributed by atoms with Crippen molar-refractivity contribution in [2.24, 2.45) is 0 Å². The predicted molar refractivity (Wildman–Crippen MR) is 106 cm³/mol. The molecule has 26 heavy (non-hydrogen) atoms. The monoisotopic (exact) mass is 343 g/mol. The van der Waals surface area contributed by atoms with Crippen molar-refractivity contribution < 1.29 is 4.79 Å². The number of carbonyl (C=O) groups is 1. The van der Waals surface area contributed by atoms with Gasteiger partial charge >= 0.3 is 0 Å². The zero-order chi connectivity index (χ0) is 17.8. The average Bonchev–Trinajstić information content (AvgIpc) is 3.24. The van der Waals surface area contributed by atoms with Gasteiger partial charge in [-0.05, 0) is 42.2 Å². The summed E-state index contributed by atoms with van der Waals surface area (Å²) in [7, 11) is 0. The summed E-state index contributed by atoms with van der Waals surface area (Å²) in [5.74, 6) is 0.852. The molecule has 4 heteroatoms. The molecular weight excluding hydrogens is 322 g/mol. The van der Waals surface area contributed by atoms with Crippen LogP contribution in [0.15, 0.2) is 72.9 Å². The first kappa shape index (κ1) is 16.3. The van der Waals surface area contributed by atoms with E-state index in [1.807, 2.05) is 66.7 Å². The molecule has 2 heterocycles. The highest BCUT2D eigenvalue weighted by molar-refractivity contribution is 6.08. The van der Waals surface area contributed by atoms with E-state index in [9.17, 15) is 4.79 Å². The Hall–Kier alpha value is -3.14. The predicted octanol–water partition coefficient (Wildman–Crippen LogP) is 4.60. The van der Waals surface area contributed by atoms with Gasteiger partial charge in [0, 0.05) is 18.7 Å². The largest absolute Gasteiger partial charge is 0.357 e. The molecule has 130 valence electrons. The second kappa shape index (κ2) is 7.40. The van der Waals surface area contributed by atoms with Gasteiger partial charge in [0.1, 0.15) is 5.82 Å². The molecule has 0 unspecified atom stereocenters. The molecule has 4 rings (SSSR count). The highest BCUT2D eigenvalue weighted by atomic mass is 16.1. The number of hydrogen-bond acceptors (Lipinski definition) is 3. The quantitative estimate of drug-likeness (QED) is 0.753. The van der Waals surface area contributed by atoms with Crippen LogP contribution in [0.25, 0.3) is 11.1 Å². The van der Waals surface area contributed by atoms with Crippen molar-refractivity contribution in [3.05, 3.63) is 78.5 Å². The summed E-state index contributed by atoms with van der Waals surface area (Å²) < 4.78 is 0. The number of pyridine rings is 1. The summed E-state index contributed by atoms with van der Waals surface area (Å²) in [6, 6.07) is 21.5. The second-order valence-corrected chi connectivity index (χ2v) is 6.46. The number of rotatable bonds is 4. The number of nitrogens with zero attached hydrogens (tertiary/aromatic N) is 2. The topological polar surface area (TPSA) is 45.2 Å². The first-order valence-electron chi connectivity index (χ1n) is 8.98. The Morgan fingerprint density at radius 2 is 1.62 bits per heavy atom. The van der Waals surface area contributed by atoms with Crippen LogP contribution in [0.4, 0.5) is 11.5 Å². The maximum atomic E-state index is 12.8. The molecule has 0 saturated carbocycles. The third-order valence-electron chi connectivity index (χ3n) is 4.69. The molecule has 3 aromatic rings. The number of anilines is 2. The van der Waals surface area contributed by atoms with Crippen LogP contribution in [0.5, 0.6) is 0 Å². The summed E-state index contributed by atoms with van der Waals surface area (Å²) in [5.41, 5.74) is 3.32. The molecule has 1 aliphatic rings. The number of carbonyl (C=O) groups excluding carboxylic acids is 1. The Labute approximate surface area is 153 Å². The fourth-order valence-electron chi connectivity index (χ4n) is 3.34. The van der Waals surface area contributed by atoms with E-state index in [2.05, 4.69) is 15.2 Å². The lowest BCUT2D eigenvalue weighted by Crippen LogP contribution is -2.19. The van der Waals surface area contributed by atoms with Crippen molar-refractivity contribution in [2.75, 3.05) is 23.3 Å². The van der Waals surface area contributed by atoms with Gasteiger partial charge in [-0.15, -0.1) is 0 Å². The van der Waals surface area contributed by atoms with Gasteiger partial charge in [0.25, 0.3) is 5.91 Å². The van der Waals surface area contributed by atoms with E-state index in [0.717, 1.165) is 30.0 Å². The fraction of sp³-hybridized carbons (Fsp3) is 0.182. The summed E-state index contributed by atoms with van der Waals surface area (Å²) in [6.07, 6.45) is 4.17. The van der Waals surface area contributed by atoms with Gasteiger partial charge in [0.05, 0.1) is 11.9 Å². The molecule has 2 aromatic carbocycles. The number of hydrogen-bond donors (Lipinski definition) is 1. The Kier molecular flexibility index (Phi) is 4.65. The van der Waals surface area contributed by atoms with Crippen molar-refractivity contribution >= 4 is 17.4 Å². The van der Waals surface area contributed by atoms with Crippen LogP contribution in [0.3, 0.4) is 0 Å². The third-order valence-corrected chi connectivity index (χ3v) is 4.69. The molecule has 1 N–H and O–H groups in total. The Bertz CT molecular complexity index is 885. The minimum Gasteiger partial charge on any atom is -0.357 e. The van der Waals surface area contributed by atoms with Crippen LogP contribution in [-0.4, -0.2) is 24.0 Å². The minimum absolute atomic E-state index is 0.125. The molecule has 1 aliphatic heterocycles. The van der Waals surface area contributed by atoms with Crippen LogP contribution < -0.4 is 10.2 Å². The van der Waals surface area contributed by atoms with E-state index in [0.29, 0.717) is 11.3 Å². The zero-order valence-corrected chi connectivity index (χ0v) is 14.6. The van der Waals surface area contributed by atoms with E-state index in [4.69, 9.17) is 0 Å². The van der Waals surface area contributed by atoms with Crippen molar-refractivity contribution in [3.63, 3.8) is 0 Å². The van der Waals surface area contributed by atoms with Gasteiger partial charge in [-0.3, -0.25) is 4.79 Å². The fourth-order valence-corrected chi connectivity index (χ4v) is 3.34. The normalized spacial score (nSPS) is 13.6. The van der Waals surface area contributed by atoms with Gasteiger partial charge in [-0.2, -0.15) is 0 Å². The molecule has 1 saturated heterocycles. The Morgan fingerprint density at radius 1 is 0.885 bits per heavy atom. The number of nitrogens with one attached hydrogen (secondary N) is 1. The van der Waals surface area contributed by atoms with Crippen molar-refractivity contribution in [1.29, 1.82) is 0 Å². The molecule has 1 amide bonds. The highest BCUT2D eigenvalue weighted by Crippen LogP contribution is 2.25. The third kappa shape index (κ3) is 3.45. The minimum atomic E-state index is -0.125. The second-order valence-electron chi connectivity index (χ2n) is 6.46. The van der Waals surface area contributed by atoms with Gasteiger partial charge in [-0.1, -0.05) is 48.5 Å². The van der Waals surface area contributed by atoms with Crippen molar-refractivity contribution in [3.8, 4) is 11.1 Å². The number of amides is 1. The van der Waals surface area contributed by atoms with E-state index < -0.39 is 0 Å². The molecule has 1 fully saturated rings. The first-order chi connectivity index (χ1) is 12.8. The van der Waals surface area contributed by atoms with E-state index in [1.165, 1.54) is 12.8 Å². The van der Waals surface area contributed by atoms with Crippen molar-refractivity contribution in [1.82, 2.24) is 4.98 Å². The molecule has 1 aromatic heterocycles. The molecule has 4 nitrogen and oxygen atoms in total. The van der Waals surface area contributed by atoms with Crippen molar-refractivity contribution in [2.45, 2.75) is 12.8 Å². The van der Waals surface area contributed by atoms with Crippen LogP contribution >= 0.6 is 0 Å². The SMILES string of the molecule is O=C(Nc1ccc(N2CCCC2)nc1)c1ccccc1-c1ccccc1. The van der Waals surface area contributed by atoms with Gasteiger partial charge in [0.2, 0.25) is 0 Å². The number of aromatic nitrogens is 1. The van der Waals surface area contributed by atoms with Crippen LogP contribution in [0.2, 0.25) is 0 Å². The Morgan fingerprint density at radius 3 is 2.35 bits per heavy atom. The molecule has 0 radical (unpaired) electrons. The first-order valence-corrected chi connectivity index (χ1v) is 8.98. The lowest BCUT2D eigenvalue weighted by Gasteiger charge is -2.16. The van der Waals surface area contributed by atoms with Gasteiger partial charge in [0.15, 0.2) is 0 Å². The maximum Gasteiger partial charge on any atom is 0.256 e. The molecule has 0 atom stereocenters. The van der Waals surface area contributed by atoms with Crippen LogP contribution in [-0.2, 0) is 0 Å². The summed E-state index contributed by atoms with van der Waals surface area (Å²) >= 11 is 0. The molecule has 0 bridgehead atoms. The van der Waals surface area contributed by atoms with Gasteiger partial charge in [-0.25, -0.2) is 4.98 Å². The smallest absolute Gasteiger partial charge is 0.256 e. The number of benzene rings is 2. The van der Waals surface area contributed by atoms with E-state index >= 15 is 0 Å². The lowest BCUT2D eigenvalue weighted by molar-refractivity contribution is 0.102. The van der Waals surface area contributed by atoms with Crippen LogP contribution in [0.1, 0.15) is 23.2 Å².